The lowest BCUT2D eigenvalue weighted by atomic mass is 10.2. The predicted molar refractivity (Wildman–Crippen MR) is 87.6 cm³/mol. The van der Waals surface area contributed by atoms with Gasteiger partial charge in [0.25, 0.3) is 0 Å². The van der Waals surface area contributed by atoms with Gasteiger partial charge in [0.2, 0.25) is 0 Å². The molecule has 0 saturated heterocycles. The standard InChI is InChI=1S/C17H13ClN2O2/c1-11-5-6-12-3-2-4-15(16(12)19-11)22-17(21)20-14-9-7-13(18)8-10-14/h2-10H,1H3,(H,20,21). The first-order chi connectivity index (χ1) is 10.6. The van der Waals surface area contributed by atoms with Gasteiger partial charge < -0.3 is 4.74 Å². The highest BCUT2D eigenvalue weighted by molar-refractivity contribution is 6.30. The van der Waals surface area contributed by atoms with E-state index in [1.807, 2.05) is 31.2 Å². The first-order valence-electron chi connectivity index (χ1n) is 6.72. The molecule has 110 valence electrons. The van der Waals surface area contributed by atoms with Crippen molar-refractivity contribution in [2.75, 3.05) is 5.32 Å². The van der Waals surface area contributed by atoms with Gasteiger partial charge in [-0.05, 0) is 43.3 Å². The fourth-order valence-corrected chi connectivity index (χ4v) is 2.20. The van der Waals surface area contributed by atoms with Crippen LogP contribution in [-0.4, -0.2) is 11.1 Å². The van der Waals surface area contributed by atoms with Crippen molar-refractivity contribution in [3.63, 3.8) is 0 Å². The number of amides is 1. The van der Waals surface area contributed by atoms with Gasteiger partial charge >= 0.3 is 6.09 Å². The largest absolute Gasteiger partial charge is 0.417 e. The number of fused-ring (bicyclic) bond motifs is 1. The molecule has 3 rings (SSSR count). The van der Waals surface area contributed by atoms with Crippen molar-refractivity contribution in [3.8, 4) is 5.75 Å². The summed E-state index contributed by atoms with van der Waals surface area (Å²) in [5.41, 5.74) is 2.13. The number of pyridine rings is 1. The summed E-state index contributed by atoms with van der Waals surface area (Å²) >= 11 is 5.81. The number of aromatic nitrogens is 1. The van der Waals surface area contributed by atoms with Gasteiger partial charge in [0, 0.05) is 21.8 Å². The second-order valence-electron chi connectivity index (χ2n) is 4.80. The highest BCUT2D eigenvalue weighted by Crippen LogP contribution is 2.24. The van der Waals surface area contributed by atoms with Crippen molar-refractivity contribution < 1.29 is 9.53 Å². The Morgan fingerprint density at radius 3 is 2.64 bits per heavy atom. The van der Waals surface area contributed by atoms with Gasteiger partial charge in [-0.25, -0.2) is 9.78 Å². The second-order valence-corrected chi connectivity index (χ2v) is 5.24. The van der Waals surface area contributed by atoms with E-state index in [1.165, 1.54) is 0 Å². The van der Waals surface area contributed by atoms with Crippen LogP contribution >= 0.6 is 11.6 Å². The smallest absolute Gasteiger partial charge is 0.408 e. The van der Waals surface area contributed by atoms with Crippen LogP contribution in [-0.2, 0) is 0 Å². The molecule has 0 saturated carbocycles. The van der Waals surface area contributed by atoms with E-state index in [0.29, 0.717) is 22.0 Å². The summed E-state index contributed by atoms with van der Waals surface area (Å²) in [5.74, 6) is 0.424. The van der Waals surface area contributed by atoms with Crippen LogP contribution in [0.5, 0.6) is 5.75 Å². The number of nitrogens with zero attached hydrogens (tertiary/aromatic N) is 1. The molecule has 0 radical (unpaired) electrons. The van der Waals surface area contributed by atoms with Crippen molar-refractivity contribution in [1.29, 1.82) is 0 Å². The minimum absolute atomic E-state index is 0.424. The maximum Gasteiger partial charge on any atom is 0.417 e. The molecule has 1 N–H and O–H groups in total. The van der Waals surface area contributed by atoms with E-state index >= 15 is 0 Å². The van der Waals surface area contributed by atoms with E-state index < -0.39 is 6.09 Å². The maximum absolute atomic E-state index is 12.0. The highest BCUT2D eigenvalue weighted by Gasteiger charge is 2.09. The van der Waals surface area contributed by atoms with Crippen molar-refractivity contribution >= 4 is 34.3 Å². The molecule has 0 aliphatic rings. The van der Waals surface area contributed by atoms with Crippen LogP contribution in [0.4, 0.5) is 10.5 Å². The van der Waals surface area contributed by atoms with Crippen LogP contribution in [0.1, 0.15) is 5.69 Å². The number of halogens is 1. The Morgan fingerprint density at radius 2 is 1.86 bits per heavy atom. The van der Waals surface area contributed by atoms with Crippen LogP contribution in [0, 0.1) is 6.92 Å². The Labute approximate surface area is 132 Å². The molecular weight excluding hydrogens is 300 g/mol. The Balaban J connectivity index is 1.82. The SMILES string of the molecule is Cc1ccc2cccc(OC(=O)Nc3ccc(Cl)cc3)c2n1. The fraction of sp³-hybridized carbons (Fsp3) is 0.0588. The summed E-state index contributed by atoms with van der Waals surface area (Å²) in [6.07, 6.45) is -0.571. The van der Waals surface area contributed by atoms with E-state index in [1.54, 1.807) is 30.3 Å². The van der Waals surface area contributed by atoms with E-state index in [2.05, 4.69) is 10.3 Å². The van der Waals surface area contributed by atoms with E-state index in [0.717, 1.165) is 11.1 Å². The average molecular weight is 313 g/mol. The number of para-hydroxylation sites is 1. The van der Waals surface area contributed by atoms with Gasteiger partial charge in [-0.15, -0.1) is 0 Å². The van der Waals surface area contributed by atoms with Gasteiger partial charge in [-0.3, -0.25) is 5.32 Å². The number of hydrogen-bond acceptors (Lipinski definition) is 3. The van der Waals surface area contributed by atoms with Crippen LogP contribution in [0.2, 0.25) is 5.02 Å². The highest BCUT2D eigenvalue weighted by atomic mass is 35.5. The number of benzene rings is 2. The minimum atomic E-state index is -0.571. The number of carbonyl (C=O) groups is 1. The molecule has 1 heterocycles. The average Bonchev–Trinajstić information content (AvgIpc) is 2.50. The molecule has 1 amide bonds. The molecule has 0 aliphatic carbocycles. The molecule has 2 aromatic carbocycles. The van der Waals surface area contributed by atoms with E-state index in [-0.39, 0.29) is 0 Å². The van der Waals surface area contributed by atoms with Gasteiger partial charge in [-0.1, -0.05) is 29.8 Å². The van der Waals surface area contributed by atoms with Gasteiger partial charge in [0.05, 0.1) is 0 Å². The van der Waals surface area contributed by atoms with E-state index in [9.17, 15) is 4.79 Å². The molecule has 0 unspecified atom stereocenters. The third-order valence-corrected chi connectivity index (χ3v) is 3.37. The van der Waals surface area contributed by atoms with Gasteiger partial charge in [-0.2, -0.15) is 0 Å². The summed E-state index contributed by atoms with van der Waals surface area (Å²) in [5, 5.41) is 4.17. The van der Waals surface area contributed by atoms with Crippen molar-refractivity contribution in [3.05, 3.63) is 65.3 Å². The molecule has 3 aromatic rings. The summed E-state index contributed by atoms with van der Waals surface area (Å²) in [4.78, 5) is 16.4. The molecule has 4 nitrogen and oxygen atoms in total. The number of aryl methyl sites for hydroxylation is 1. The molecule has 0 fully saturated rings. The van der Waals surface area contributed by atoms with Crippen molar-refractivity contribution in [2.45, 2.75) is 6.92 Å². The Kier molecular flexibility index (Phi) is 3.94. The zero-order valence-corrected chi connectivity index (χ0v) is 12.6. The zero-order chi connectivity index (χ0) is 15.5. The topological polar surface area (TPSA) is 51.2 Å². The van der Waals surface area contributed by atoms with E-state index in [4.69, 9.17) is 16.3 Å². The van der Waals surface area contributed by atoms with Crippen molar-refractivity contribution in [2.24, 2.45) is 0 Å². The third-order valence-electron chi connectivity index (χ3n) is 3.12. The first kappa shape index (κ1) is 14.4. The molecule has 0 atom stereocenters. The second kappa shape index (κ2) is 6.03. The summed E-state index contributed by atoms with van der Waals surface area (Å²) in [6.45, 7) is 1.89. The van der Waals surface area contributed by atoms with Crippen LogP contribution < -0.4 is 10.1 Å². The Hall–Kier alpha value is -2.59. The van der Waals surface area contributed by atoms with Crippen LogP contribution in [0.3, 0.4) is 0 Å². The molecule has 0 aliphatic heterocycles. The Bertz CT molecular complexity index is 832. The molecule has 1 aromatic heterocycles. The number of hydrogen-bond donors (Lipinski definition) is 1. The fourth-order valence-electron chi connectivity index (χ4n) is 2.08. The number of ether oxygens (including phenoxy) is 1. The summed E-state index contributed by atoms with van der Waals surface area (Å²) in [6, 6.07) is 16.1. The predicted octanol–water partition coefficient (Wildman–Crippen LogP) is 4.81. The number of anilines is 1. The first-order valence-corrected chi connectivity index (χ1v) is 7.10. The third kappa shape index (κ3) is 3.18. The number of nitrogens with one attached hydrogen (secondary N) is 1. The molecule has 22 heavy (non-hydrogen) atoms. The Morgan fingerprint density at radius 1 is 1.09 bits per heavy atom. The van der Waals surface area contributed by atoms with Crippen LogP contribution in [0.25, 0.3) is 10.9 Å². The maximum atomic E-state index is 12.0. The molecular formula is C17H13ClN2O2. The monoisotopic (exact) mass is 312 g/mol. The molecule has 0 bridgehead atoms. The lowest BCUT2D eigenvalue weighted by Crippen LogP contribution is -2.16. The number of rotatable bonds is 2. The minimum Gasteiger partial charge on any atom is -0.408 e. The van der Waals surface area contributed by atoms with Gasteiger partial charge in [0.1, 0.15) is 5.52 Å². The lowest BCUT2D eigenvalue weighted by Gasteiger charge is -2.09. The molecule has 0 spiro atoms. The normalized spacial score (nSPS) is 10.5. The lowest BCUT2D eigenvalue weighted by molar-refractivity contribution is 0.215. The quantitative estimate of drug-likeness (QED) is 0.739. The summed E-state index contributed by atoms with van der Waals surface area (Å²) in [7, 11) is 0. The van der Waals surface area contributed by atoms with Crippen molar-refractivity contribution in [1.82, 2.24) is 4.98 Å². The van der Waals surface area contributed by atoms with Gasteiger partial charge in [0.15, 0.2) is 5.75 Å². The molecule has 5 heteroatoms. The summed E-state index contributed by atoms with van der Waals surface area (Å²) < 4.78 is 5.37. The van der Waals surface area contributed by atoms with Crippen LogP contribution in [0.15, 0.2) is 54.6 Å². The zero-order valence-electron chi connectivity index (χ0n) is 11.8. The number of carbonyl (C=O) groups excluding carboxylic acids is 1.